The van der Waals surface area contributed by atoms with Crippen LogP contribution in [0.5, 0.6) is 0 Å². The van der Waals surface area contributed by atoms with Gasteiger partial charge in [0.05, 0.1) is 24.4 Å². The van der Waals surface area contributed by atoms with Gasteiger partial charge in [-0.3, -0.25) is 9.48 Å². The van der Waals surface area contributed by atoms with Gasteiger partial charge in [-0.2, -0.15) is 5.10 Å². The van der Waals surface area contributed by atoms with Gasteiger partial charge in [-0.05, 0) is 13.8 Å². The van der Waals surface area contributed by atoms with E-state index in [1.165, 1.54) is 6.20 Å². The maximum absolute atomic E-state index is 12.3. The molecule has 18 heavy (non-hydrogen) atoms. The Morgan fingerprint density at radius 2 is 2.50 bits per heavy atom. The summed E-state index contributed by atoms with van der Waals surface area (Å²) in [5.41, 5.74) is 0.499. The topological polar surface area (TPSA) is 56.2 Å². The summed E-state index contributed by atoms with van der Waals surface area (Å²) in [4.78, 5) is 12.3. The van der Waals surface area contributed by atoms with Gasteiger partial charge in [0.15, 0.2) is 5.78 Å². The third kappa shape index (κ3) is 2.91. The van der Waals surface area contributed by atoms with Crippen LogP contribution >= 0.6 is 11.6 Å². The second-order valence-corrected chi connectivity index (χ2v) is 5.14. The maximum Gasteiger partial charge on any atom is 0.184 e. The first-order chi connectivity index (χ1) is 8.59. The molecule has 0 aliphatic carbocycles. The molecular weight excluding hydrogens is 254 g/mol. The van der Waals surface area contributed by atoms with Crippen LogP contribution in [0.2, 0.25) is 5.02 Å². The lowest BCUT2D eigenvalue weighted by Crippen LogP contribution is -2.42. The Kier molecular flexibility index (Phi) is 4.37. The van der Waals surface area contributed by atoms with Gasteiger partial charge < -0.3 is 10.1 Å². The predicted molar refractivity (Wildman–Crippen MR) is 69.2 cm³/mol. The minimum atomic E-state index is 0.00852. The average Bonchev–Trinajstić information content (AvgIpc) is 2.72. The molecule has 0 radical (unpaired) electrons. The van der Waals surface area contributed by atoms with Gasteiger partial charge in [0.1, 0.15) is 5.69 Å². The van der Waals surface area contributed by atoms with Crippen LogP contribution in [0.1, 0.15) is 36.8 Å². The Morgan fingerprint density at radius 3 is 3.11 bits per heavy atom. The highest BCUT2D eigenvalue weighted by molar-refractivity contribution is 6.33. The molecule has 6 heteroatoms. The smallest absolute Gasteiger partial charge is 0.184 e. The van der Waals surface area contributed by atoms with E-state index in [0.717, 1.165) is 6.54 Å². The van der Waals surface area contributed by atoms with Gasteiger partial charge in [-0.15, -0.1) is 0 Å². The fourth-order valence-electron chi connectivity index (χ4n) is 2.06. The second kappa shape index (κ2) is 5.82. The van der Waals surface area contributed by atoms with Crippen molar-refractivity contribution in [3.05, 3.63) is 16.9 Å². The molecule has 1 unspecified atom stereocenters. The van der Waals surface area contributed by atoms with Gasteiger partial charge in [0, 0.05) is 25.0 Å². The van der Waals surface area contributed by atoms with Crippen molar-refractivity contribution in [1.82, 2.24) is 15.1 Å². The van der Waals surface area contributed by atoms with Crippen LogP contribution in [-0.4, -0.2) is 41.4 Å². The lowest BCUT2D eigenvalue weighted by molar-refractivity contribution is 0.0671. The van der Waals surface area contributed by atoms with Gasteiger partial charge in [0.2, 0.25) is 0 Å². The van der Waals surface area contributed by atoms with Crippen LogP contribution in [0.25, 0.3) is 0 Å². The number of rotatable bonds is 4. The van der Waals surface area contributed by atoms with Crippen LogP contribution in [-0.2, 0) is 4.74 Å². The minimum Gasteiger partial charge on any atom is -0.378 e. The fourth-order valence-corrected chi connectivity index (χ4v) is 2.30. The Bertz CT molecular complexity index is 425. The average molecular weight is 272 g/mol. The van der Waals surface area contributed by atoms with E-state index < -0.39 is 0 Å². The number of hydrogen-bond donors (Lipinski definition) is 1. The zero-order valence-electron chi connectivity index (χ0n) is 10.6. The first-order valence-electron chi connectivity index (χ1n) is 6.17. The molecule has 0 saturated carbocycles. The molecule has 0 aromatic carbocycles. The van der Waals surface area contributed by atoms with Crippen molar-refractivity contribution in [2.45, 2.75) is 32.4 Å². The lowest BCUT2D eigenvalue weighted by atomic mass is 10.1. The summed E-state index contributed by atoms with van der Waals surface area (Å²) in [5, 5.41) is 7.82. The molecule has 0 amide bonds. The molecule has 0 spiro atoms. The molecule has 2 rings (SSSR count). The molecule has 100 valence electrons. The van der Waals surface area contributed by atoms with Crippen LogP contribution < -0.4 is 5.32 Å². The number of ketones is 1. The van der Waals surface area contributed by atoms with Crippen LogP contribution in [0.15, 0.2) is 6.20 Å². The van der Waals surface area contributed by atoms with E-state index >= 15 is 0 Å². The summed E-state index contributed by atoms with van der Waals surface area (Å²) in [5.74, 6) is 0.00852. The quantitative estimate of drug-likeness (QED) is 0.847. The molecule has 2 heterocycles. The molecule has 1 aliphatic rings. The highest BCUT2D eigenvalue weighted by Gasteiger charge is 2.23. The normalized spacial score (nSPS) is 20.3. The molecule has 1 aromatic rings. The number of ether oxygens (including phenoxy) is 1. The van der Waals surface area contributed by atoms with Crippen LogP contribution in [0.4, 0.5) is 0 Å². The van der Waals surface area contributed by atoms with Crippen molar-refractivity contribution < 1.29 is 9.53 Å². The van der Waals surface area contributed by atoms with E-state index in [0.29, 0.717) is 30.4 Å². The Morgan fingerprint density at radius 1 is 1.72 bits per heavy atom. The number of morpholine rings is 1. The highest BCUT2D eigenvalue weighted by Crippen LogP contribution is 2.21. The van der Waals surface area contributed by atoms with E-state index in [1.54, 1.807) is 4.68 Å². The van der Waals surface area contributed by atoms with E-state index in [2.05, 4.69) is 10.4 Å². The molecule has 5 nitrogen and oxygen atoms in total. The summed E-state index contributed by atoms with van der Waals surface area (Å²) in [6.07, 6.45) is 1.91. The Labute approximate surface area is 111 Å². The fraction of sp³-hybridized carbons (Fsp3) is 0.667. The maximum atomic E-state index is 12.3. The molecule has 1 aliphatic heterocycles. The van der Waals surface area contributed by atoms with E-state index in [4.69, 9.17) is 16.3 Å². The number of hydrogen-bond acceptors (Lipinski definition) is 4. The predicted octanol–water partition coefficient (Wildman–Crippen LogP) is 1.68. The van der Waals surface area contributed by atoms with Crippen molar-refractivity contribution in [1.29, 1.82) is 0 Å². The lowest BCUT2D eigenvalue weighted by Gasteiger charge is -2.23. The Hall–Kier alpha value is -0.910. The van der Waals surface area contributed by atoms with Crippen molar-refractivity contribution >= 4 is 17.4 Å². The molecule has 1 aromatic heterocycles. The Balaban J connectivity index is 2.10. The van der Waals surface area contributed by atoms with E-state index in [9.17, 15) is 4.79 Å². The third-order valence-electron chi connectivity index (χ3n) is 2.93. The molecule has 1 atom stereocenters. The molecule has 0 bridgehead atoms. The van der Waals surface area contributed by atoms with Crippen molar-refractivity contribution in [3.63, 3.8) is 0 Å². The van der Waals surface area contributed by atoms with E-state index in [1.807, 2.05) is 13.8 Å². The van der Waals surface area contributed by atoms with Crippen molar-refractivity contribution in [2.75, 3.05) is 19.8 Å². The first kappa shape index (κ1) is 13.5. The van der Waals surface area contributed by atoms with Gasteiger partial charge in [-0.1, -0.05) is 11.6 Å². The molecule has 1 fully saturated rings. The largest absolute Gasteiger partial charge is 0.378 e. The number of carbonyl (C=O) groups excluding carboxylic acids is 1. The zero-order valence-corrected chi connectivity index (χ0v) is 11.4. The third-order valence-corrected chi connectivity index (χ3v) is 3.21. The van der Waals surface area contributed by atoms with Crippen molar-refractivity contribution in [2.24, 2.45) is 0 Å². The SMILES string of the molecule is CC(C)n1ncc(Cl)c1C(=O)CC1COCCN1. The standard InChI is InChI=1S/C12H18ClN3O2/c1-8(2)16-12(10(13)6-15-16)11(17)5-9-7-18-4-3-14-9/h6,8-9,14H,3-5,7H2,1-2H3. The number of halogens is 1. The monoisotopic (exact) mass is 271 g/mol. The second-order valence-electron chi connectivity index (χ2n) is 4.73. The summed E-state index contributed by atoms with van der Waals surface area (Å²) < 4.78 is 7.01. The number of aromatic nitrogens is 2. The highest BCUT2D eigenvalue weighted by atomic mass is 35.5. The number of nitrogens with one attached hydrogen (secondary N) is 1. The number of Topliss-reactive ketones (excluding diaryl/α,β-unsaturated/α-hetero) is 1. The van der Waals surface area contributed by atoms with Crippen molar-refractivity contribution in [3.8, 4) is 0 Å². The number of nitrogens with zero attached hydrogens (tertiary/aromatic N) is 2. The van der Waals surface area contributed by atoms with Gasteiger partial charge in [0.25, 0.3) is 0 Å². The van der Waals surface area contributed by atoms with Gasteiger partial charge >= 0.3 is 0 Å². The minimum absolute atomic E-state index is 0.00852. The summed E-state index contributed by atoms with van der Waals surface area (Å²) in [7, 11) is 0. The first-order valence-corrected chi connectivity index (χ1v) is 6.54. The summed E-state index contributed by atoms with van der Waals surface area (Å²) in [6, 6.07) is 0.185. The molecule has 1 saturated heterocycles. The summed E-state index contributed by atoms with van der Waals surface area (Å²) in [6.45, 7) is 6.01. The number of carbonyl (C=O) groups is 1. The van der Waals surface area contributed by atoms with E-state index in [-0.39, 0.29) is 17.9 Å². The summed E-state index contributed by atoms with van der Waals surface area (Å²) >= 11 is 6.05. The molecular formula is C12H18ClN3O2. The van der Waals surface area contributed by atoms with Crippen LogP contribution in [0, 0.1) is 0 Å². The van der Waals surface area contributed by atoms with Crippen LogP contribution in [0.3, 0.4) is 0 Å². The molecule has 1 N–H and O–H groups in total. The zero-order chi connectivity index (χ0) is 13.1. The van der Waals surface area contributed by atoms with Gasteiger partial charge in [-0.25, -0.2) is 0 Å².